The van der Waals surface area contributed by atoms with Crippen LogP contribution in [-0.2, 0) is 13.7 Å². The predicted molar refractivity (Wildman–Crippen MR) is 60.5 cm³/mol. The Hall–Kier alpha value is -2.04. The lowest BCUT2D eigenvalue weighted by Crippen LogP contribution is -2.04. The zero-order valence-electron chi connectivity index (χ0n) is 9.68. The first-order valence-corrected chi connectivity index (χ1v) is 5.14. The van der Waals surface area contributed by atoms with E-state index in [1.165, 1.54) is 7.11 Å². The van der Waals surface area contributed by atoms with Crippen LogP contribution < -0.4 is 9.47 Å². The quantitative estimate of drug-likeness (QED) is 0.816. The first kappa shape index (κ1) is 11.4. The molecule has 2 rings (SSSR count). The van der Waals surface area contributed by atoms with Crippen molar-refractivity contribution < 1.29 is 13.9 Å². The molecule has 0 unspecified atom stereocenters. The number of ether oxygens (including phenoxy) is 2. The average molecular weight is 236 g/mol. The van der Waals surface area contributed by atoms with Crippen molar-refractivity contribution in [2.45, 2.75) is 6.61 Å². The van der Waals surface area contributed by atoms with Gasteiger partial charge in [0.05, 0.1) is 12.8 Å². The molecular weight excluding hydrogens is 223 g/mol. The molecule has 1 aromatic heterocycles. The second-order valence-corrected chi connectivity index (χ2v) is 3.51. The Morgan fingerprint density at radius 3 is 2.71 bits per heavy atom. The smallest absolute Gasteiger partial charge is 0.206 e. The molecule has 90 valence electrons. The van der Waals surface area contributed by atoms with Crippen LogP contribution in [0.4, 0.5) is 4.39 Å². The van der Waals surface area contributed by atoms with Crippen LogP contribution in [0.5, 0.6) is 11.5 Å². The molecule has 2 aromatic rings. The van der Waals surface area contributed by atoms with E-state index in [1.807, 2.05) is 6.07 Å². The van der Waals surface area contributed by atoms with E-state index in [-0.39, 0.29) is 18.1 Å². The van der Waals surface area contributed by atoms with Crippen LogP contribution in [0.25, 0.3) is 0 Å². The van der Waals surface area contributed by atoms with Crippen molar-refractivity contribution in [3.63, 3.8) is 0 Å². The Kier molecular flexibility index (Phi) is 3.27. The van der Waals surface area contributed by atoms with Crippen molar-refractivity contribution in [3.8, 4) is 11.5 Å². The lowest BCUT2D eigenvalue weighted by Gasteiger charge is -2.09. The summed E-state index contributed by atoms with van der Waals surface area (Å²) < 4.78 is 25.7. The number of aromatic nitrogens is 2. The Bertz CT molecular complexity index is 511. The molecule has 0 saturated carbocycles. The fraction of sp³-hybridized carbons (Fsp3) is 0.250. The number of nitrogens with zero attached hydrogens (tertiary/aromatic N) is 2. The summed E-state index contributed by atoms with van der Waals surface area (Å²) in [6.45, 7) is 0.264. The van der Waals surface area contributed by atoms with Gasteiger partial charge in [-0.3, -0.25) is 4.68 Å². The van der Waals surface area contributed by atoms with Gasteiger partial charge in [-0.05, 0) is 18.2 Å². The van der Waals surface area contributed by atoms with E-state index in [0.717, 1.165) is 5.69 Å². The van der Waals surface area contributed by atoms with Crippen LogP contribution in [0, 0.1) is 5.82 Å². The maximum absolute atomic E-state index is 13.7. The summed E-state index contributed by atoms with van der Waals surface area (Å²) >= 11 is 0. The summed E-state index contributed by atoms with van der Waals surface area (Å²) in [5, 5.41) is 4.00. The molecule has 0 radical (unpaired) electrons. The molecule has 0 atom stereocenters. The van der Waals surface area contributed by atoms with E-state index < -0.39 is 5.82 Å². The van der Waals surface area contributed by atoms with Crippen LogP contribution in [-0.4, -0.2) is 16.9 Å². The van der Waals surface area contributed by atoms with Crippen LogP contribution in [0.3, 0.4) is 0 Å². The highest BCUT2D eigenvalue weighted by atomic mass is 19.1. The van der Waals surface area contributed by atoms with E-state index in [4.69, 9.17) is 9.47 Å². The molecular formula is C12H13FN2O2. The van der Waals surface area contributed by atoms with Gasteiger partial charge < -0.3 is 9.47 Å². The minimum atomic E-state index is -0.489. The van der Waals surface area contributed by atoms with E-state index in [2.05, 4.69) is 5.10 Å². The Morgan fingerprint density at radius 1 is 1.29 bits per heavy atom. The number of benzene rings is 1. The van der Waals surface area contributed by atoms with Crippen LogP contribution in [0.2, 0.25) is 0 Å². The van der Waals surface area contributed by atoms with Crippen molar-refractivity contribution in [2.75, 3.05) is 7.11 Å². The molecule has 0 N–H and O–H groups in total. The van der Waals surface area contributed by atoms with E-state index in [0.29, 0.717) is 0 Å². The summed E-state index contributed by atoms with van der Waals surface area (Å²) in [6.07, 6.45) is 1.67. The van der Waals surface area contributed by atoms with Gasteiger partial charge in [0.15, 0.2) is 11.5 Å². The van der Waals surface area contributed by atoms with Crippen molar-refractivity contribution >= 4 is 0 Å². The van der Waals surface area contributed by atoms with Gasteiger partial charge in [-0.15, -0.1) is 0 Å². The van der Waals surface area contributed by atoms with Gasteiger partial charge in [0, 0.05) is 13.2 Å². The summed E-state index contributed by atoms with van der Waals surface area (Å²) in [5.41, 5.74) is 0.868. The Balaban J connectivity index is 2.12. The number of hydrogen-bond acceptors (Lipinski definition) is 3. The predicted octanol–water partition coefficient (Wildman–Crippen LogP) is 2.15. The summed E-state index contributed by atoms with van der Waals surface area (Å²) in [5.74, 6) is -0.143. The summed E-state index contributed by atoms with van der Waals surface area (Å²) in [7, 11) is 3.23. The topological polar surface area (TPSA) is 36.3 Å². The van der Waals surface area contributed by atoms with E-state index in [9.17, 15) is 4.39 Å². The number of halogens is 1. The SMILES string of the molecule is COc1cccc(OCc2ccnn2C)c1F. The second kappa shape index (κ2) is 4.86. The lowest BCUT2D eigenvalue weighted by molar-refractivity contribution is 0.273. The number of rotatable bonds is 4. The summed E-state index contributed by atoms with van der Waals surface area (Å²) in [6, 6.07) is 6.61. The lowest BCUT2D eigenvalue weighted by atomic mass is 10.3. The molecule has 0 bridgehead atoms. The maximum Gasteiger partial charge on any atom is 0.206 e. The Labute approximate surface area is 98.6 Å². The first-order valence-electron chi connectivity index (χ1n) is 5.14. The zero-order valence-corrected chi connectivity index (χ0v) is 9.68. The fourth-order valence-electron chi connectivity index (χ4n) is 1.45. The highest BCUT2D eigenvalue weighted by molar-refractivity contribution is 5.35. The first-order chi connectivity index (χ1) is 8.22. The van der Waals surface area contributed by atoms with Crippen molar-refractivity contribution in [1.29, 1.82) is 0 Å². The van der Waals surface area contributed by atoms with Crippen LogP contribution in [0.1, 0.15) is 5.69 Å². The molecule has 1 heterocycles. The highest BCUT2D eigenvalue weighted by Crippen LogP contribution is 2.26. The van der Waals surface area contributed by atoms with Gasteiger partial charge in [-0.25, -0.2) is 0 Å². The molecule has 0 aliphatic rings. The average Bonchev–Trinajstić information content (AvgIpc) is 2.74. The third-order valence-corrected chi connectivity index (χ3v) is 2.45. The molecule has 0 amide bonds. The molecule has 0 fully saturated rings. The molecule has 17 heavy (non-hydrogen) atoms. The molecule has 0 saturated heterocycles. The van der Waals surface area contributed by atoms with Gasteiger partial charge in [0.2, 0.25) is 5.82 Å². The minimum absolute atomic E-state index is 0.172. The van der Waals surface area contributed by atoms with E-state index in [1.54, 1.807) is 36.1 Å². The minimum Gasteiger partial charge on any atom is -0.494 e. The Morgan fingerprint density at radius 2 is 2.06 bits per heavy atom. The zero-order chi connectivity index (χ0) is 12.3. The second-order valence-electron chi connectivity index (χ2n) is 3.51. The molecule has 5 heteroatoms. The number of aryl methyl sites for hydroxylation is 1. The van der Waals surface area contributed by atoms with Crippen molar-refractivity contribution in [3.05, 3.63) is 42.0 Å². The third-order valence-electron chi connectivity index (χ3n) is 2.45. The summed E-state index contributed by atoms with van der Waals surface area (Å²) in [4.78, 5) is 0. The molecule has 0 aliphatic carbocycles. The fourth-order valence-corrected chi connectivity index (χ4v) is 1.45. The van der Waals surface area contributed by atoms with Crippen molar-refractivity contribution in [2.24, 2.45) is 7.05 Å². The van der Waals surface area contributed by atoms with Gasteiger partial charge in [0.1, 0.15) is 6.61 Å². The maximum atomic E-state index is 13.7. The number of methoxy groups -OCH3 is 1. The largest absolute Gasteiger partial charge is 0.494 e. The number of hydrogen-bond donors (Lipinski definition) is 0. The molecule has 0 spiro atoms. The molecule has 4 nitrogen and oxygen atoms in total. The van der Waals surface area contributed by atoms with Gasteiger partial charge in [-0.2, -0.15) is 9.49 Å². The van der Waals surface area contributed by atoms with Crippen LogP contribution >= 0.6 is 0 Å². The monoisotopic (exact) mass is 236 g/mol. The van der Waals surface area contributed by atoms with Crippen molar-refractivity contribution in [1.82, 2.24) is 9.78 Å². The van der Waals surface area contributed by atoms with Gasteiger partial charge in [0.25, 0.3) is 0 Å². The standard InChI is InChI=1S/C12H13FN2O2/c1-15-9(6-7-14-15)8-17-11-5-3-4-10(16-2)12(11)13/h3-7H,8H2,1-2H3. The molecule has 0 aliphatic heterocycles. The highest BCUT2D eigenvalue weighted by Gasteiger charge is 2.10. The third kappa shape index (κ3) is 2.38. The van der Waals surface area contributed by atoms with Gasteiger partial charge in [-0.1, -0.05) is 6.07 Å². The normalized spacial score (nSPS) is 10.3. The van der Waals surface area contributed by atoms with E-state index >= 15 is 0 Å². The van der Waals surface area contributed by atoms with Crippen LogP contribution in [0.15, 0.2) is 30.5 Å². The van der Waals surface area contributed by atoms with Gasteiger partial charge >= 0.3 is 0 Å². The molecule has 1 aromatic carbocycles.